The smallest absolute Gasteiger partial charge is 0.408 e. The Balaban J connectivity index is 1.09. The zero-order valence-electron chi connectivity index (χ0n) is 18.9. The van der Waals surface area contributed by atoms with E-state index < -0.39 is 23.0 Å². The summed E-state index contributed by atoms with van der Waals surface area (Å²) in [7, 11) is 0. The van der Waals surface area contributed by atoms with Crippen LogP contribution < -0.4 is 10.6 Å². The highest BCUT2D eigenvalue weighted by atomic mass is 16.5. The van der Waals surface area contributed by atoms with Crippen molar-refractivity contribution >= 4 is 18.0 Å². The van der Waals surface area contributed by atoms with Crippen LogP contribution in [0.2, 0.25) is 0 Å². The van der Waals surface area contributed by atoms with E-state index in [0.29, 0.717) is 32.1 Å². The molecule has 2 amide bonds. The molecule has 0 spiro atoms. The van der Waals surface area contributed by atoms with E-state index in [9.17, 15) is 19.5 Å². The van der Waals surface area contributed by atoms with Crippen LogP contribution in [0.4, 0.5) is 4.79 Å². The molecule has 2 aromatic rings. The van der Waals surface area contributed by atoms with E-state index in [1.54, 1.807) is 0 Å². The minimum absolute atomic E-state index is 0.0401. The lowest BCUT2D eigenvalue weighted by Gasteiger charge is -2.41. The summed E-state index contributed by atoms with van der Waals surface area (Å²) < 4.78 is 5.66. The highest BCUT2D eigenvalue weighted by Gasteiger charge is 2.66. The number of ether oxygens (including phenoxy) is 1. The number of hydrogen-bond donors (Lipinski definition) is 3. The fourth-order valence-corrected chi connectivity index (χ4v) is 6.36. The van der Waals surface area contributed by atoms with Crippen LogP contribution in [0.25, 0.3) is 11.1 Å². The first kappa shape index (κ1) is 21.2. The molecule has 0 aromatic heterocycles. The summed E-state index contributed by atoms with van der Waals surface area (Å²) >= 11 is 0. The summed E-state index contributed by atoms with van der Waals surface area (Å²) in [5.41, 5.74) is 2.99. The van der Waals surface area contributed by atoms with E-state index in [1.165, 1.54) is 0 Å². The number of fused-ring (bicyclic) bond motifs is 4. The molecule has 176 valence electrons. The lowest BCUT2D eigenvalue weighted by atomic mass is 9.76. The number of amides is 2. The third-order valence-corrected chi connectivity index (χ3v) is 8.50. The molecule has 0 saturated heterocycles. The molecule has 3 N–H and O–H groups in total. The van der Waals surface area contributed by atoms with E-state index in [-0.39, 0.29) is 30.4 Å². The van der Waals surface area contributed by atoms with Crippen molar-refractivity contribution in [1.82, 2.24) is 10.6 Å². The number of carbonyl (C=O) groups excluding carboxylic acids is 2. The van der Waals surface area contributed by atoms with Crippen LogP contribution >= 0.6 is 0 Å². The number of rotatable bonds is 6. The number of hydrogen-bond acceptors (Lipinski definition) is 4. The van der Waals surface area contributed by atoms with Gasteiger partial charge in [-0.05, 0) is 66.7 Å². The SMILES string of the molecule is O=C(NC1(C(=O)N[C@H]2C[C@@H]3C[C@]3(C(=O)O)C2)CCC1)OCC1c2ccccc2-c2ccccc21. The van der Waals surface area contributed by atoms with Crippen LogP contribution in [-0.4, -0.2) is 41.3 Å². The highest BCUT2D eigenvalue weighted by molar-refractivity contribution is 5.91. The Kier molecular flexibility index (Phi) is 4.73. The number of alkyl carbamates (subject to hydrolysis) is 1. The first-order valence-electron chi connectivity index (χ1n) is 12.1. The Morgan fingerprint density at radius 2 is 1.62 bits per heavy atom. The lowest BCUT2D eigenvalue weighted by Crippen LogP contribution is -2.64. The van der Waals surface area contributed by atoms with Crippen molar-refractivity contribution in [2.24, 2.45) is 11.3 Å². The van der Waals surface area contributed by atoms with Crippen molar-refractivity contribution in [2.45, 2.75) is 56.0 Å². The van der Waals surface area contributed by atoms with Gasteiger partial charge in [-0.2, -0.15) is 0 Å². The molecule has 34 heavy (non-hydrogen) atoms. The molecule has 7 heteroatoms. The number of carboxylic acid groups (broad SMARTS) is 1. The second kappa shape index (κ2) is 7.58. The average Bonchev–Trinajstić information content (AvgIpc) is 3.24. The molecule has 0 radical (unpaired) electrons. The van der Waals surface area contributed by atoms with Crippen LogP contribution in [0.5, 0.6) is 0 Å². The first-order chi connectivity index (χ1) is 16.4. The van der Waals surface area contributed by atoms with Gasteiger partial charge in [0.2, 0.25) is 5.91 Å². The van der Waals surface area contributed by atoms with E-state index in [4.69, 9.17) is 4.74 Å². The summed E-state index contributed by atoms with van der Waals surface area (Å²) in [6, 6.07) is 16.2. The van der Waals surface area contributed by atoms with Gasteiger partial charge in [0.25, 0.3) is 0 Å². The molecule has 2 aromatic carbocycles. The van der Waals surface area contributed by atoms with Crippen molar-refractivity contribution in [3.8, 4) is 11.1 Å². The van der Waals surface area contributed by atoms with Crippen LogP contribution in [0.3, 0.4) is 0 Å². The lowest BCUT2D eigenvalue weighted by molar-refractivity contribution is -0.144. The van der Waals surface area contributed by atoms with Crippen molar-refractivity contribution in [3.05, 3.63) is 59.7 Å². The Morgan fingerprint density at radius 1 is 0.971 bits per heavy atom. The molecule has 3 saturated carbocycles. The third kappa shape index (κ3) is 3.21. The standard InChI is InChI=1S/C27H28N2O5/c30-23(28-17-12-16-13-26(16,14-17)24(31)32)27(10-5-11-27)29-25(33)34-15-22-20-8-3-1-6-18(20)19-7-2-4-9-21(19)22/h1-4,6-9,16-17,22H,5,10-15H2,(H,28,30)(H,29,33)(H,31,32)/t16-,17+,26+/m1/s1. The third-order valence-electron chi connectivity index (χ3n) is 8.50. The summed E-state index contributed by atoms with van der Waals surface area (Å²) in [4.78, 5) is 37.4. The fraction of sp³-hybridized carbons (Fsp3) is 0.444. The first-order valence-corrected chi connectivity index (χ1v) is 12.1. The molecular weight excluding hydrogens is 432 g/mol. The Bertz CT molecular complexity index is 1140. The van der Waals surface area contributed by atoms with E-state index in [2.05, 4.69) is 34.9 Å². The van der Waals surface area contributed by atoms with E-state index in [0.717, 1.165) is 28.7 Å². The van der Waals surface area contributed by atoms with Gasteiger partial charge < -0.3 is 20.5 Å². The van der Waals surface area contributed by atoms with Gasteiger partial charge >= 0.3 is 12.1 Å². The zero-order chi connectivity index (χ0) is 23.5. The second-order valence-electron chi connectivity index (χ2n) is 10.4. The van der Waals surface area contributed by atoms with Crippen molar-refractivity contribution in [2.75, 3.05) is 6.61 Å². The predicted octanol–water partition coefficient (Wildman–Crippen LogP) is 3.82. The largest absolute Gasteiger partial charge is 0.481 e. The maximum atomic E-state index is 13.1. The molecule has 3 fully saturated rings. The number of carboxylic acids is 1. The van der Waals surface area contributed by atoms with Crippen molar-refractivity contribution < 1.29 is 24.2 Å². The predicted molar refractivity (Wildman–Crippen MR) is 124 cm³/mol. The number of aliphatic carboxylic acids is 1. The van der Waals surface area contributed by atoms with Crippen molar-refractivity contribution in [1.29, 1.82) is 0 Å². The van der Waals surface area contributed by atoms with Gasteiger partial charge in [0, 0.05) is 12.0 Å². The molecule has 0 unspecified atom stereocenters. The molecule has 4 aliphatic rings. The van der Waals surface area contributed by atoms with Crippen LogP contribution in [0.15, 0.2) is 48.5 Å². The number of carbonyl (C=O) groups is 3. The topological polar surface area (TPSA) is 105 Å². The maximum absolute atomic E-state index is 13.1. The molecule has 6 rings (SSSR count). The summed E-state index contributed by atoms with van der Waals surface area (Å²) in [5.74, 6) is -0.868. The van der Waals surface area contributed by atoms with Crippen molar-refractivity contribution in [3.63, 3.8) is 0 Å². The van der Waals surface area contributed by atoms with Gasteiger partial charge in [0.05, 0.1) is 5.41 Å². The van der Waals surface area contributed by atoms with Gasteiger partial charge in [0.1, 0.15) is 12.1 Å². The van der Waals surface area contributed by atoms with E-state index in [1.807, 2.05) is 24.3 Å². The monoisotopic (exact) mass is 460 g/mol. The highest BCUT2D eigenvalue weighted by Crippen LogP contribution is 2.63. The second-order valence-corrected chi connectivity index (χ2v) is 10.4. The Hall–Kier alpha value is -3.35. The summed E-state index contributed by atoms with van der Waals surface area (Å²) in [6.07, 6.45) is 3.25. The van der Waals surface area contributed by atoms with Crippen LogP contribution in [-0.2, 0) is 14.3 Å². The summed E-state index contributed by atoms with van der Waals surface area (Å²) in [5, 5.41) is 15.3. The number of nitrogens with one attached hydrogen (secondary N) is 2. The van der Waals surface area contributed by atoms with Crippen LogP contribution in [0, 0.1) is 11.3 Å². The minimum atomic E-state index is -0.967. The summed E-state index contributed by atoms with van der Waals surface area (Å²) in [6.45, 7) is 0.197. The van der Waals surface area contributed by atoms with Gasteiger partial charge in [-0.3, -0.25) is 9.59 Å². The van der Waals surface area contributed by atoms with Gasteiger partial charge in [0.15, 0.2) is 0 Å². The molecule has 0 heterocycles. The van der Waals surface area contributed by atoms with E-state index >= 15 is 0 Å². The molecule has 7 nitrogen and oxygen atoms in total. The van der Waals surface area contributed by atoms with Gasteiger partial charge in [-0.1, -0.05) is 48.5 Å². The molecule has 0 aliphatic heterocycles. The maximum Gasteiger partial charge on any atom is 0.408 e. The number of benzene rings is 2. The normalized spacial score (nSPS) is 27.5. The molecule has 3 atom stereocenters. The minimum Gasteiger partial charge on any atom is -0.481 e. The fourth-order valence-electron chi connectivity index (χ4n) is 6.36. The molecular formula is C27H28N2O5. The van der Waals surface area contributed by atoms with Crippen LogP contribution in [0.1, 0.15) is 55.6 Å². The quantitative estimate of drug-likeness (QED) is 0.608. The Labute approximate surface area is 197 Å². The zero-order valence-corrected chi connectivity index (χ0v) is 18.9. The molecule has 0 bridgehead atoms. The Morgan fingerprint density at radius 3 is 2.18 bits per heavy atom. The van der Waals surface area contributed by atoms with Gasteiger partial charge in [-0.15, -0.1) is 0 Å². The average molecular weight is 461 g/mol. The molecule has 4 aliphatic carbocycles. The van der Waals surface area contributed by atoms with Gasteiger partial charge in [-0.25, -0.2) is 4.79 Å².